The fourth-order valence-corrected chi connectivity index (χ4v) is 5.36. The number of aryl methyl sites for hydroxylation is 2. The Bertz CT molecular complexity index is 1300. The van der Waals surface area contributed by atoms with Gasteiger partial charge in [0.15, 0.2) is 11.9 Å². The summed E-state index contributed by atoms with van der Waals surface area (Å²) < 4.78 is 13.1. The Morgan fingerprint density at radius 2 is 1.88 bits per heavy atom. The molecule has 0 N–H and O–H groups in total. The molecule has 1 aromatic heterocycles. The number of fused-ring (bicyclic) bond motifs is 1. The lowest BCUT2D eigenvalue weighted by molar-refractivity contribution is -0.644. The summed E-state index contributed by atoms with van der Waals surface area (Å²) in [5.74, 6) is 0.362. The molecule has 0 radical (unpaired) electrons. The van der Waals surface area contributed by atoms with Crippen molar-refractivity contribution in [2.45, 2.75) is 25.7 Å². The molecule has 2 aliphatic rings. The number of methoxy groups -OCH3 is 2. The van der Waals surface area contributed by atoms with Crippen LogP contribution in [0.25, 0.3) is 10.9 Å². The average Bonchev–Trinajstić information content (AvgIpc) is 2.87. The summed E-state index contributed by atoms with van der Waals surface area (Å²) in [5.41, 5.74) is 6.79. The first-order valence-corrected chi connectivity index (χ1v) is 11.8. The molecule has 0 unspecified atom stereocenters. The van der Waals surface area contributed by atoms with Crippen LogP contribution in [0, 0.1) is 0 Å². The van der Waals surface area contributed by atoms with E-state index in [0.717, 1.165) is 66.7 Å². The molecule has 7 heteroatoms. The number of aromatic nitrogens is 1. The van der Waals surface area contributed by atoms with E-state index in [4.69, 9.17) is 14.6 Å². The van der Waals surface area contributed by atoms with Crippen LogP contribution in [0.1, 0.15) is 29.5 Å². The maximum atomic E-state index is 12.9. The maximum Gasteiger partial charge on any atom is 0.359 e. The van der Waals surface area contributed by atoms with Gasteiger partial charge in [-0.15, -0.1) is 0 Å². The molecule has 3 aromatic rings. The number of pyridine rings is 1. The van der Waals surface area contributed by atoms with Crippen LogP contribution in [0.2, 0.25) is 0 Å². The predicted octanol–water partition coefficient (Wildman–Crippen LogP) is 3.39. The Hall–Kier alpha value is -3.61. The van der Waals surface area contributed by atoms with Crippen molar-refractivity contribution >= 4 is 34.0 Å². The van der Waals surface area contributed by atoms with Gasteiger partial charge in [-0.2, -0.15) is 5.10 Å². The van der Waals surface area contributed by atoms with Gasteiger partial charge in [0.1, 0.15) is 18.5 Å². The SMILES string of the molecule is COC(=O)C(=NN(C)c1cc2c3c(c1OC)CCCN3CCC2)c1cc[n+](C)c2ccccc12. The van der Waals surface area contributed by atoms with Crippen molar-refractivity contribution in [1.29, 1.82) is 0 Å². The number of para-hydroxylation sites is 1. The van der Waals surface area contributed by atoms with E-state index in [-0.39, 0.29) is 5.71 Å². The topological polar surface area (TPSA) is 58.2 Å². The van der Waals surface area contributed by atoms with E-state index in [1.165, 1.54) is 23.9 Å². The van der Waals surface area contributed by atoms with Crippen molar-refractivity contribution in [3.05, 3.63) is 59.3 Å². The molecular formula is C27H31N4O3+. The molecule has 0 atom stereocenters. The van der Waals surface area contributed by atoms with Gasteiger partial charge in [0.25, 0.3) is 0 Å². The molecule has 0 saturated heterocycles. The summed E-state index contributed by atoms with van der Waals surface area (Å²) >= 11 is 0. The van der Waals surface area contributed by atoms with Crippen LogP contribution in [0.5, 0.6) is 5.75 Å². The first kappa shape index (κ1) is 22.2. The van der Waals surface area contributed by atoms with Gasteiger partial charge in [-0.05, 0) is 43.4 Å². The highest BCUT2D eigenvalue weighted by Crippen LogP contribution is 2.45. The van der Waals surface area contributed by atoms with Gasteiger partial charge in [-0.25, -0.2) is 9.36 Å². The third-order valence-corrected chi connectivity index (χ3v) is 6.93. The minimum absolute atomic E-state index is 0.261. The number of esters is 1. The maximum absolute atomic E-state index is 12.9. The normalized spacial score (nSPS) is 15.2. The first-order valence-electron chi connectivity index (χ1n) is 11.8. The molecule has 2 aromatic carbocycles. The van der Waals surface area contributed by atoms with E-state index in [2.05, 4.69) is 11.0 Å². The van der Waals surface area contributed by atoms with Crippen LogP contribution in [0.4, 0.5) is 11.4 Å². The fraction of sp³-hybridized carbons (Fsp3) is 0.370. The molecule has 34 heavy (non-hydrogen) atoms. The number of anilines is 2. The van der Waals surface area contributed by atoms with Crippen LogP contribution in [0.15, 0.2) is 47.7 Å². The number of carbonyl (C=O) groups is 1. The lowest BCUT2D eigenvalue weighted by atomic mass is 9.90. The van der Waals surface area contributed by atoms with Gasteiger partial charge in [-0.1, -0.05) is 12.1 Å². The van der Waals surface area contributed by atoms with Crippen LogP contribution < -0.4 is 19.2 Å². The molecule has 0 aliphatic carbocycles. The highest BCUT2D eigenvalue weighted by atomic mass is 16.5. The van der Waals surface area contributed by atoms with Crippen molar-refractivity contribution in [3.8, 4) is 5.75 Å². The zero-order valence-electron chi connectivity index (χ0n) is 20.3. The van der Waals surface area contributed by atoms with E-state index in [0.29, 0.717) is 0 Å². The molecule has 176 valence electrons. The smallest absolute Gasteiger partial charge is 0.359 e. The lowest BCUT2D eigenvalue weighted by Gasteiger charge is -2.38. The summed E-state index contributed by atoms with van der Waals surface area (Å²) in [5, 5.41) is 7.51. The number of hydrogen-bond donors (Lipinski definition) is 0. The molecular weight excluding hydrogens is 428 g/mol. The highest BCUT2D eigenvalue weighted by molar-refractivity contribution is 6.45. The van der Waals surface area contributed by atoms with E-state index in [9.17, 15) is 4.79 Å². The largest absolute Gasteiger partial charge is 0.494 e. The van der Waals surface area contributed by atoms with Crippen LogP contribution >= 0.6 is 0 Å². The lowest BCUT2D eigenvalue weighted by Crippen LogP contribution is -2.35. The number of hydrogen-bond acceptors (Lipinski definition) is 6. The minimum atomic E-state index is -0.477. The summed E-state index contributed by atoms with van der Waals surface area (Å²) in [4.78, 5) is 15.4. The molecule has 2 aliphatic heterocycles. The number of benzene rings is 2. The predicted molar refractivity (Wildman–Crippen MR) is 134 cm³/mol. The average molecular weight is 460 g/mol. The van der Waals surface area contributed by atoms with E-state index in [1.54, 1.807) is 12.1 Å². The van der Waals surface area contributed by atoms with Gasteiger partial charge in [0, 0.05) is 49.1 Å². The highest BCUT2D eigenvalue weighted by Gasteiger charge is 2.30. The molecule has 0 spiro atoms. The van der Waals surface area contributed by atoms with Gasteiger partial charge in [0.2, 0.25) is 5.52 Å². The summed E-state index contributed by atoms with van der Waals surface area (Å²) in [7, 11) is 6.96. The minimum Gasteiger partial charge on any atom is -0.494 e. The molecule has 0 fully saturated rings. The van der Waals surface area contributed by atoms with Gasteiger partial charge < -0.3 is 14.4 Å². The zero-order valence-corrected chi connectivity index (χ0v) is 20.3. The second kappa shape index (κ2) is 8.97. The number of hydrazone groups is 1. The van der Waals surface area contributed by atoms with Crippen LogP contribution in [0.3, 0.4) is 0 Å². The Balaban J connectivity index is 1.66. The van der Waals surface area contributed by atoms with Gasteiger partial charge in [0.05, 0.1) is 19.6 Å². The summed E-state index contributed by atoms with van der Waals surface area (Å²) in [6.45, 7) is 2.20. The third kappa shape index (κ3) is 3.65. The Kier molecular flexibility index (Phi) is 5.86. The Morgan fingerprint density at radius 1 is 1.12 bits per heavy atom. The van der Waals surface area contributed by atoms with Crippen molar-refractivity contribution < 1.29 is 18.8 Å². The molecule has 7 nitrogen and oxygen atoms in total. The Morgan fingerprint density at radius 3 is 2.65 bits per heavy atom. The van der Waals surface area contributed by atoms with Crippen LogP contribution in [-0.2, 0) is 29.4 Å². The molecule has 3 heterocycles. The number of carbonyl (C=O) groups excluding carboxylic acids is 1. The standard InChI is InChI=1S/C27H31N4O3/c1-29-16-13-20(19-10-5-6-12-22(19)29)24(27(32)34-4)28-30(2)23-17-18-9-7-14-31-15-8-11-21(25(18)31)26(23)33-3/h5-6,10,12-13,16-17H,7-9,11,14-15H2,1-4H3/q+1. The van der Waals surface area contributed by atoms with Crippen molar-refractivity contribution in [1.82, 2.24) is 0 Å². The quantitative estimate of drug-likeness (QED) is 0.253. The number of rotatable bonds is 5. The molecule has 0 amide bonds. The summed E-state index contributed by atoms with van der Waals surface area (Å²) in [6.07, 6.45) is 6.22. The second-order valence-corrected chi connectivity index (χ2v) is 8.93. The van der Waals surface area contributed by atoms with Gasteiger partial charge in [-0.3, -0.25) is 5.01 Å². The molecule has 0 bridgehead atoms. The third-order valence-electron chi connectivity index (χ3n) is 6.93. The Labute approximate surface area is 200 Å². The van der Waals surface area contributed by atoms with Crippen LogP contribution in [-0.4, -0.2) is 46.0 Å². The first-order chi connectivity index (χ1) is 16.5. The summed E-state index contributed by atoms with van der Waals surface area (Å²) in [6, 6.07) is 12.1. The van der Waals surface area contributed by atoms with Crippen molar-refractivity contribution in [3.63, 3.8) is 0 Å². The van der Waals surface area contributed by atoms with E-state index < -0.39 is 5.97 Å². The van der Waals surface area contributed by atoms with Crippen molar-refractivity contribution in [2.24, 2.45) is 12.1 Å². The second-order valence-electron chi connectivity index (χ2n) is 8.93. The fourth-order valence-electron chi connectivity index (χ4n) is 5.36. The monoisotopic (exact) mass is 459 g/mol. The number of nitrogens with zero attached hydrogens (tertiary/aromatic N) is 4. The molecule has 0 saturated carbocycles. The molecule has 5 rings (SSSR count). The van der Waals surface area contributed by atoms with E-state index >= 15 is 0 Å². The van der Waals surface area contributed by atoms with E-state index in [1.807, 2.05) is 55.2 Å². The number of ether oxygens (including phenoxy) is 2. The zero-order chi connectivity index (χ0) is 23.8. The van der Waals surface area contributed by atoms with Gasteiger partial charge >= 0.3 is 5.97 Å². The van der Waals surface area contributed by atoms with Crippen molar-refractivity contribution in [2.75, 3.05) is 44.3 Å².